The number of hydrogen-bond donors (Lipinski definition) is 2. The van der Waals surface area contributed by atoms with Crippen LogP contribution in [0.2, 0.25) is 0 Å². The van der Waals surface area contributed by atoms with Gasteiger partial charge in [-0.1, -0.05) is 0 Å². The highest BCUT2D eigenvalue weighted by atomic mass is 31.2. The molecule has 6 heteroatoms. The number of hydrogen-bond acceptors (Lipinski definition) is 3. The van der Waals surface area contributed by atoms with E-state index in [1.165, 1.54) is 5.06 Å². The fourth-order valence-corrected chi connectivity index (χ4v) is 0.766. The average molecular weight is 139 g/mol. The lowest BCUT2D eigenvalue weighted by Crippen LogP contribution is -2.18. The van der Waals surface area contributed by atoms with Crippen molar-refractivity contribution in [2.24, 2.45) is 11.0 Å². The Balaban J connectivity index is 3.56. The lowest BCUT2D eigenvalue weighted by Gasteiger charge is -2.11. The molecule has 0 spiro atoms. The second-order valence-electron chi connectivity index (χ2n) is 1.54. The van der Waals surface area contributed by atoms with Gasteiger partial charge in [0.25, 0.3) is 0 Å². The summed E-state index contributed by atoms with van der Waals surface area (Å²) >= 11 is 0. The zero-order valence-electron chi connectivity index (χ0n) is 4.87. The summed E-state index contributed by atoms with van der Waals surface area (Å²) in [5.41, 5.74) is 9.61. The van der Waals surface area contributed by atoms with Gasteiger partial charge in [-0.2, -0.15) is 5.06 Å². The summed E-state index contributed by atoms with van der Waals surface area (Å²) in [5.74, 6) is 0. The molecule has 0 rings (SSSR count). The van der Waals surface area contributed by atoms with E-state index in [2.05, 4.69) is 4.62 Å². The molecule has 0 aromatic carbocycles. The molecule has 0 saturated heterocycles. The van der Waals surface area contributed by atoms with E-state index in [-0.39, 0.29) is 0 Å². The third kappa shape index (κ3) is 6.07. The van der Waals surface area contributed by atoms with Crippen LogP contribution in [0.3, 0.4) is 0 Å². The minimum absolute atomic E-state index is 1.20. The molecule has 0 aliphatic heterocycles. The second-order valence-corrected chi connectivity index (χ2v) is 2.99. The van der Waals surface area contributed by atoms with Crippen molar-refractivity contribution in [1.82, 2.24) is 5.06 Å². The van der Waals surface area contributed by atoms with Gasteiger partial charge >= 0.3 is 7.67 Å². The van der Waals surface area contributed by atoms with Crippen molar-refractivity contribution in [1.29, 1.82) is 0 Å². The van der Waals surface area contributed by atoms with Crippen molar-refractivity contribution in [3.63, 3.8) is 0 Å². The molecule has 0 saturated carbocycles. The van der Waals surface area contributed by atoms with Crippen molar-refractivity contribution in [3.8, 4) is 0 Å². The van der Waals surface area contributed by atoms with Crippen LogP contribution < -0.4 is 11.0 Å². The predicted molar refractivity (Wildman–Crippen MR) is 30.8 cm³/mol. The monoisotopic (exact) mass is 139 g/mol. The first kappa shape index (κ1) is 8.07. The maximum Gasteiger partial charge on any atom is 0.352 e. The second kappa shape index (κ2) is 2.57. The first-order valence-electron chi connectivity index (χ1n) is 1.96. The summed E-state index contributed by atoms with van der Waals surface area (Å²) in [6.45, 7) is 0. The van der Waals surface area contributed by atoms with Crippen LogP contribution in [0.5, 0.6) is 0 Å². The highest BCUT2D eigenvalue weighted by Gasteiger charge is 2.08. The van der Waals surface area contributed by atoms with E-state index >= 15 is 0 Å². The van der Waals surface area contributed by atoms with E-state index in [0.717, 1.165) is 0 Å². The van der Waals surface area contributed by atoms with Gasteiger partial charge in [-0.25, -0.2) is 15.6 Å². The minimum atomic E-state index is -3.30. The molecule has 50 valence electrons. The fourth-order valence-electron chi connectivity index (χ4n) is 0.255. The van der Waals surface area contributed by atoms with Gasteiger partial charge in [0.1, 0.15) is 0 Å². The molecule has 0 fully saturated rings. The first-order chi connectivity index (χ1) is 3.42. The molecule has 0 aliphatic carbocycles. The summed E-state index contributed by atoms with van der Waals surface area (Å²) in [6, 6.07) is 0. The predicted octanol–water partition coefficient (Wildman–Crippen LogP) is -0.495. The molecule has 0 atom stereocenters. The Morgan fingerprint density at radius 3 is 1.88 bits per heavy atom. The molecule has 0 bridgehead atoms. The Bertz CT molecular complexity index is 108. The van der Waals surface area contributed by atoms with Crippen molar-refractivity contribution in [2.75, 3.05) is 14.1 Å². The Hall–Kier alpha value is 0.0700. The van der Waals surface area contributed by atoms with Gasteiger partial charge in [-0.15, -0.1) is 0 Å². The minimum Gasteiger partial charge on any atom is -0.255 e. The van der Waals surface area contributed by atoms with Crippen LogP contribution in [-0.2, 0) is 9.19 Å². The van der Waals surface area contributed by atoms with Crippen molar-refractivity contribution in [2.45, 2.75) is 0 Å². The lowest BCUT2D eigenvalue weighted by atomic mass is 11.2. The number of nitrogens with two attached hydrogens (primary N) is 2. The topological polar surface area (TPSA) is 81.6 Å². The van der Waals surface area contributed by atoms with Crippen LogP contribution in [0.4, 0.5) is 0 Å². The van der Waals surface area contributed by atoms with Gasteiger partial charge < -0.3 is 0 Å². The molecule has 0 aromatic heterocycles. The summed E-state index contributed by atoms with van der Waals surface area (Å²) in [4.78, 5) is 0. The molecule has 0 aliphatic rings. The zero-order chi connectivity index (χ0) is 6.78. The molecule has 0 unspecified atom stereocenters. The molecule has 0 radical (unpaired) electrons. The van der Waals surface area contributed by atoms with Crippen LogP contribution in [0.1, 0.15) is 0 Å². The Kier molecular flexibility index (Phi) is 2.59. The van der Waals surface area contributed by atoms with Crippen LogP contribution >= 0.6 is 7.67 Å². The van der Waals surface area contributed by atoms with Crippen LogP contribution in [0.15, 0.2) is 0 Å². The quantitative estimate of drug-likeness (QED) is 0.398. The molecular weight excluding hydrogens is 129 g/mol. The van der Waals surface area contributed by atoms with Gasteiger partial charge in [0.15, 0.2) is 0 Å². The third-order valence-corrected chi connectivity index (χ3v) is 0.873. The van der Waals surface area contributed by atoms with Gasteiger partial charge in [-0.05, 0) is 0 Å². The van der Waals surface area contributed by atoms with Crippen molar-refractivity contribution in [3.05, 3.63) is 0 Å². The standard InChI is InChI=1S/C2H10N3O2P/c1-5(2)7-8(3,4)6/h1-2H3,(H4,3,4,6). The first-order valence-corrected chi connectivity index (χ1v) is 3.72. The lowest BCUT2D eigenvalue weighted by molar-refractivity contribution is -0.0000210. The van der Waals surface area contributed by atoms with E-state index in [1.807, 2.05) is 0 Å². The fraction of sp³-hybridized carbons (Fsp3) is 1.00. The Morgan fingerprint density at radius 2 is 1.88 bits per heavy atom. The maximum atomic E-state index is 10.3. The largest absolute Gasteiger partial charge is 0.352 e. The van der Waals surface area contributed by atoms with E-state index in [0.29, 0.717) is 0 Å². The normalized spacial score (nSPS) is 12.6. The third-order valence-electron chi connectivity index (χ3n) is 0.291. The van der Waals surface area contributed by atoms with Gasteiger partial charge in [0.2, 0.25) is 0 Å². The number of rotatable bonds is 2. The molecule has 0 amide bonds. The van der Waals surface area contributed by atoms with Crippen molar-refractivity contribution >= 4 is 7.67 Å². The van der Waals surface area contributed by atoms with Crippen molar-refractivity contribution < 1.29 is 9.19 Å². The highest BCUT2D eigenvalue weighted by Crippen LogP contribution is 2.26. The van der Waals surface area contributed by atoms with E-state index in [9.17, 15) is 4.57 Å². The Labute approximate surface area is 48.1 Å². The molecule has 4 N–H and O–H groups in total. The van der Waals surface area contributed by atoms with Gasteiger partial charge in [-0.3, -0.25) is 4.57 Å². The molecule has 5 nitrogen and oxygen atoms in total. The van der Waals surface area contributed by atoms with Crippen LogP contribution in [0, 0.1) is 0 Å². The highest BCUT2D eigenvalue weighted by molar-refractivity contribution is 7.53. The van der Waals surface area contributed by atoms with E-state index < -0.39 is 7.67 Å². The summed E-state index contributed by atoms with van der Waals surface area (Å²) < 4.78 is 14.7. The SMILES string of the molecule is CN(C)OP(N)(N)=O. The summed E-state index contributed by atoms with van der Waals surface area (Å²) in [6.07, 6.45) is 0. The Morgan fingerprint density at radius 1 is 1.50 bits per heavy atom. The molecule has 8 heavy (non-hydrogen) atoms. The molecule has 0 aromatic rings. The molecule has 0 heterocycles. The van der Waals surface area contributed by atoms with Crippen LogP contribution in [0.25, 0.3) is 0 Å². The number of hydroxylamine groups is 2. The van der Waals surface area contributed by atoms with Crippen LogP contribution in [-0.4, -0.2) is 19.2 Å². The summed E-state index contributed by atoms with van der Waals surface area (Å²) in [7, 11) is -0.200. The van der Waals surface area contributed by atoms with Gasteiger partial charge in [0, 0.05) is 14.1 Å². The van der Waals surface area contributed by atoms with E-state index in [4.69, 9.17) is 11.0 Å². The molecular formula is C2H10N3O2P. The maximum absolute atomic E-state index is 10.3. The zero-order valence-corrected chi connectivity index (χ0v) is 5.76. The van der Waals surface area contributed by atoms with Gasteiger partial charge in [0.05, 0.1) is 0 Å². The smallest absolute Gasteiger partial charge is 0.255 e. The number of nitrogens with zero attached hydrogens (tertiary/aromatic N) is 1. The summed E-state index contributed by atoms with van der Waals surface area (Å²) in [5, 5.41) is 1.20. The average Bonchev–Trinajstić information content (AvgIpc) is 1.21. The van der Waals surface area contributed by atoms with E-state index in [1.54, 1.807) is 14.1 Å².